The molecule has 0 aliphatic heterocycles. The summed E-state index contributed by atoms with van der Waals surface area (Å²) in [4.78, 5) is 4.49. The summed E-state index contributed by atoms with van der Waals surface area (Å²) in [6.45, 7) is 0. The number of benzene rings is 1. The minimum absolute atomic E-state index is 0.319. The molecule has 2 nitrogen and oxygen atoms in total. The second kappa shape index (κ2) is 4.04. The van der Waals surface area contributed by atoms with E-state index in [2.05, 4.69) is 11.1 Å². The Balaban J connectivity index is 2.07. The van der Waals surface area contributed by atoms with Gasteiger partial charge < -0.3 is 5.73 Å². The molecule has 1 unspecified atom stereocenters. The number of pyridine rings is 1. The molecule has 0 amide bonds. The topological polar surface area (TPSA) is 38.9 Å². The minimum Gasteiger partial charge on any atom is -0.399 e. The van der Waals surface area contributed by atoms with Crippen molar-refractivity contribution in [2.45, 2.75) is 18.8 Å². The van der Waals surface area contributed by atoms with Crippen LogP contribution < -0.4 is 5.73 Å². The monoisotopic (exact) mass is 244 g/mol. The lowest BCUT2D eigenvalue weighted by Gasteiger charge is -2.13. The highest BCUT2D eigenvalue weighted by molar-refractivity contribution is 6.31. The van der Waals surface area contributed by atoms with Gasteiger partial charge in [0, 0.05) is 22.8 Å². The molecule has 2 N–H and O–H groups in total. The molecular formula is C14H13ClN2. The summed E-state index contributed by atoms with van der Waals surface area (Å²) in [6.07, 6.45) is 4.01. The van der Waals surface area contributed by atoms with Crippen LogP contribution in [0, 0.1) is 0 Å². The van der Waals surface area contributed by atoms with Gasteiger partial charge in [-0.1, -0.05) is 23.7 Å². The Labute approximate surface area is 105 Å². The van der Waals surface area contributed by atoms with Crippen LogP contribution in [0.1, 0.15) is 29.2 Å². The summed E-state index contributed by atoms with van der Waals surface area (Å²) < 4.78 is 0. The number of hydrogen-bond acceptors (Lipinski definition) is 2. The van der Waals surface area contributed by atoms with Crippen molar-refractivity contribution in [3.05, 3.63) is 58.4 Å². The van der Waals surface area contributed by atoms with E-state index in [9.17, 15) is 0 Å². The van der Waals surface area contributed by atoms with E-state index in [0.717, 1.165) is 23.4 Å². The fourth-order valence-corrected chi connectivity index (χ4v) is 2.86. The molecule has 17 heavy (non-hydrogen) atoms. The van der Waals surface area contributed by atoms with Gasteiger partial charge in [0.15, 0.2) is 0 Å². The lowest BCUT2D eigenvalue weighted by molar-refractivity contribution is 0.772. The maximum atomic E-state index is 6.27. The van der Waals surface area contributed by atoms with E-state index in [1.54, 1.807) is 0 Å². The van der Waals surface area contributed by atoms with Crippen LogP contribution in [0.3, 0.4) is 0 Å². The zero-order valence-electron chi connectivity index (χ0n) is 9.36. The van der Waals surface area contributed by atoms with E-state index in [1.807, 2.05) is 30.5 Å². The van der Waals surface area contributed by atoms with Gasteiger partial charge in [0.25, 0.3) is 0 Å². The molecular weight excluding hydrogens is 232 g/mol. The molecule has 1 atom stereocenters. The lowest BCUT2D eigenvalue weighted by atomic mass is 9.96. The first-order valence-electron chi connectivity index (χ1n) is 5.74. The Morgan fingerprint density at radius 3 is 3.00 bits per heavy atom. The van der Waals surface area contributed by atoms with E-state index >= 15 is 0 Å². The zero-order chi connectivity index (χ0) is 11.8. The summed E-state index contributed by atoms with van der Waals surface area (Å²) in [7, 11) is 0. The summed E-state index contributed by atoms with van der Waals surface area (Å²) in [5, 5.41) is 0.744. The van der Waals surface area contributed by atoms with Crippen LogP contribution in [0.25, 0.3) is 0 Å². The average molecular weight is 245 g/mol. The summed E-state index contributed by atoms with van der Waals surface area (Å²) in [5.74, 6) is 0.319. The maximum Gasteiger partial charge on any atom is 0.0510 e. The Kier molecular flexibility index (Phi) is 2.52. The quantitative estimate of drug-likeness (QED) is 0.781. The standard InChI is InChI=1S/C14H13ClN2/c15-13-8-10(16)4-6-11(13)12-5-3-9-2-1-7-17-14(9)12/h1-2,4,6-8,12H,3,5,16H2. The molecule has 2 aromatic rings. The molecule has 1 aliphatic rings. The molecule has 0 radical (unpaired) electrons. The van der Waals surface area contributed by atoms with E-state index in [4.69, 9.17) is 17.3 Å². The third kappa shape index (κ3) is 1.79. The van der Waals surface area contributed by atoms with Gasteiger partial charge in [-0.25, -0.2) is 0 Å². The van der Waals surface area contributed by atoms with Crippen molar-refractivity contribution in [2.24, 2.45) is 0 Å². The van der Waals surface area contributed by atoms with Crippen molar-refractivity contribution in [3.8, 4) is 0 Å². The number of nitrogens with two attached hydrogens (primary N) is 1. The van der Waals surface area contributed by atoms with E-state index in [0.29, 0.717) is 11.6 Å². The minimum atomic E-state index is 0.319. The molecule has 86 valence electrons. The van der Waals surface area contributed by atoms with E-state index in [1.165, 1.54) is 11.3 Å². The number of rotatable bonds is 1. The first-order chi connectivity index (χ1) is 8.25. The number of halogens is 1. The van der Waals surface area contributed by atoms with Gasteiger partial charge in [0.2, 0.25) is 0 Å². The fraction of sp³-hybridized carbons (Fsp3) is 0.214. The highest BCUT2D eigenvalue weighted by atomic mass is 35.5. The first-order valence-corrected chi connectivity index (χ1v) is 6.12. The summed E-state index contributed by atoms with van der Waals surface area (Å²) in [6, 6.07) is 9.88. The van der Waals surface area contributed by atoms with Crippen molar-refractivity contribution >= 4 is 17.3 Å². The Morgan fingerprint density at radius 1 is 1.29 bits per heavy atom. The Bertz CT molecular complexity index is 566. The SMILES string of the molecule is Nc1ccc(C2CCc3cccnc32)c(Cl)c1. The van der Waals surface area contributed by atoms with Gasteiger partial charge in [-0.05, 0) is 42.2 Å². The van der Waals surface area contributed by atoms with Crippen LogP contribution in [-0.2, 0) is 6.42 Å². The second-order valence-corrected chi connectivity index (χ2v) is 4.83. The third-order valence-corrected chi connectivity index (χ3v) is 3.69. The average Bonchev–Trinajstić information content (AvgIpc) is 2.73. The third-order valence-electron chi connectivity index (χ3n) is 3.36. The van der Waals surface area contributed by atoms with Crippen molar-refractivity contribution in [1.82, 2.24) is 4.98 Å². The summed E-state index contributed by atoms with van der Waals surface area (Å²) >= 11 is 6.27. The van der Waals surface area contributed by atoms with Gasteiger partial charge in [-0.3, -0.25) is 4.98 Å². The van der Waals surface area contributed by atoms with Crippen LogP contribution in [-0.4, -0.2) is 4.98 Å². The molecule has 1 aromatic carbocycles. The molecule has 1 aliphatic carbocycles. The number of aryl methyl sites for hydroxylation is 1. The van der Waals surface area contributed by atoms with Crippen LogP contribution in [0.5, 0.6) is 0 Å². The van der Waals surface area contributed by atoms with Crippen molar-refractivity contribution < 1.29 is 0 Å². The molecule has 0 saturated heterocycles. The second-order valence-electron chi connectivity index (χ2n) is 4.42. The van der Waals surface area contributed by atoms with Gasteiger partial charge in [0.1, 0.15) is 0 Å². The van der Waals surface area contributed by atoms with Gasteiger partial charge in [-0.2, -0.15) is 0 Å². The lowest BCUT2D eigenvalue weighted by Crippen LogP contribution is -2.00. The van der Waals surface area contributed by atoms with Gasteiger partial charge in [-0.15, -0.1) is 0 Å². The normalized spacial score (nSPS) is 18.1. The number of fused-ring (bicyclic) bond motifs is 1. The van der Waals surface area contributed by atoms with Crippen LogP contribution in [0.4, 0.5) is 5.69 Å². The molecule has 0 saturated carbocycles. The zero-order valence-corrected chi connectivity index (χ0v) is 10.1. The van der Waals surface area contributed by atoms with Crippen molar-refractivity contribution in [2.75, 3.05) is 5.73 Å². The van der Waals surface area contributed by atoms with Crippen molar-refractivity contribution in [3.63, 3.8) is 0 Å². The van der Waals surface area contributed by atoms with Crippen LogP contribution in [0.15, 0.2) is 36.5 Å². The van der Waals surface area contributed by atoms with Gasteiger partial charge >= 0.3 is 0 Å². The number of nitrogen functional groups attached to an aromatic ring is 1. The number of aromatic nitrogens is 1. The molecule has 1 heterocycles. The first kappa shape index (κ1) is 10.6. The molecule has 0 bridgehead atoms. The smallest absolute Gasteiger partial charge is 0.0510 e. The number of anilines is 1. The molecule has 1 aromatic heterocycles. The van der Waals surface area contributed by atoms with Crippen LogP contribution >= 0.6 is 11.6 Å². The maximum absolute atomic E-state index is 6.27. The number of hydrogen-bond donors (Lipinski definition) is 1. The molecule has 0 fully saturated rings. The highest BCUT2D eigenvalue weighted by Gasteiger charge is 2.26. The van der Waals surface area contributed by atoms with Crippen molar-refractivity contribution in [1.29, 1.82) is 0 Å². The molecule has 3 rings (SSSR count). The predicted molar refractivity (Wildman–Crippen MR) is 70.3 cm³/mol. The fourth-order valence-electron chi connectivity index (χ4n) is 2.54. The van der Waals surface area contributed by atoms with Gasteiger partial charge in [0.05, 0.1) is 5.69 Å². The number of nitrogens with zero attached hydrogens (tertiary/aromatic N) is 1. The molecule has 3 heteroatoms. The highest BCUT2D eigenvalue weighted by Crippen LogP contribution is 2.39. The van der Waals surface area contributed by atoms with Crippen LogP contribution in [0.2, 0.25) is 5.02 Å². The largest absolute Gasteiger partial charge is 0.399 e. The predicted octanol–water partition coefficient (Wildman–Crippen LogP) is 3.40. The Hall–Kier alpha value is -1.54. The molecule has 0 spiro atoms. The van der Waals surface area contributed by atoms with E-state index < -0.39 is 0 Å². The Morgan fingerprint density at radius 2 is 2.18 bits per heavy atom. The van der Waals surface area contributed by atoms with E-state index in [-0.39, 0.29) is 0 Å². The summed E-state index contributed by atoms with van der Waals surface area (Å²) in [5.41, 5.74) is 10.1.